The van der Waals surface area contributed by atoms with Gasteiger partial charge in [-0.25, -0.2) is 4.79 Å². The maximum Gasteiger partial charge on any atom is 0.325 e. The van der Waals surface area contributed by atoms with Crippen LogP contribution in [0.5, 0.6) is 11.5 Å². The summed E-state index contributed by atoms with van der Waals surface area (Å²) in [5.41, 5.74) is 0.703. The van der Waals surface area contributed by atoms with E-state index in [0.717, 1.165) is 10.7 Å². The molecule has 9 nitrogen and oxygen atoms in total. The number of carbonyl (C=O) groups is 3. The lowest BCUT2D eigenvalue weighted by atomic mass is 10.1. The number of carbonyl (C=O) groups excluding carboxylic acids is 3. The highest BCUT2D eigenvalue weighted by Crippen LogP contribution is 2.28. The highest BCUT2D eigenvalue weighted by atomic mass is 16.5. The van der Waals surface area contributed by atoms with Crippen LogP contribution >= 0.6 is 0 Å². The van der Waals surface area contributed by atoms with Crippen LogP contribution in [0.1, 0.15) is 17.7 Å². The van der Waals surface area contributed by atoms with Gasteiger partial charge in [0.05, 0.1) is 33.4 Å². The summed E-state index contributed by atoms with van der Waals surface area (Å²) in [4.78, 5) is 38.0. The molecule has 1 fully saturated rings. The molecule has 1 aromatic heterocycles. The molecule has 1 atom stereocenters. The van der Waals surface area contributed by atoms with Crippen molar-refractivity contribution in [3.05, 3.63) is 47.9 Å². The van der Waals surface area contributed by atoms with Crippen LogP contribution in [0.2, 0.25) is 0 Å². The second kappa shape index (κ2) is 9.13. The lowest BCUT2D eigenvalue weighted by Gasteiger charge is -2.15. The zero-order valence-electron chi connectivity index (χ0n) is 16.3. The van der Waals surface area contributed by atoms with Gasteiger partial charge in [-0.15, -0.1) is 0 Å². The molecule has 1 saturated heterocycles. The monoisotopic (exact) mass is 401 g/mol. The van der Waals surface area contributed by atoms with Crippen molar-refractivity contribution < 1.29 is 28.3 Å². The fraction of sp³-hybridized carbons (Fsp3) is 0.350. The summed E-state index contributed by atoms with van der Waals surface area (Å²) in [6, 6.07) is 7.33. The second-order valence-electron chi connectivity index (χ2n) is 6.50. The summed E-state index contributed by atoms with van der Waals surface area (Å²) in [6.45, 7) is 0.457. The summed E-state index contributed by atoms with van der Waals surface area (Å²) in [7, 11) is 3.04. The number of benzene rings is 1. The molecule has 1 aromatic carbocycles. The molecule has 0 saturated carbocycles. The quantitative estimate of drug-likeness (QED) is 0.616. The SMILES string of the molecule is COc1ccc(CN2C(=O)NC(CC(=O)NCCc3ccco3)C2=O)cc1OC. The van der Waals surface area contributed by atoms with E-state index >= 15 is 0 Å². The maximum absolute atomic E-state index is 12.6. The number of hydrogen-bond acceptors (Lipinski definition) is 6. The van der Waals surface area contributed by atoms with Crippen molar-refractivity contribution in [2.24, 2.45) is 0 Å². The Balaban J connectivity index is 1.54. The lowest BCUT2D eigenvalue weighted by molar-refractivity contribution is -0.131. The highest BCUT2D eigenvalue weighted by molar-refractivity contribution is 6.05. The predicted molar refractivity (Wildman–Crippen MR) is 102 cm³/mol. The van der Waals surface area contributed by atoms with Crippen LogP contribution in [0.25, 0.3) is 0 Å². The fourth-order valence-electron chi connectivity index (χ4n) is 3.06. The minimum atomic E-state index is -0.883. The van der Waals surface area contributed by atoms with E-state index in [4.69, 9.17) is 13.9 Å². The number of amides is 4. The Morgan fingerprint density at radius 3 is 2.69 bits per heavy atom. The van der Waals surface area contributed by atoms with E-state index in [9.17, 15) is 14.4 Å². The molecule has 1 aliphatic heterocycles. The molecule has 0 bridgehead atoms. The number of imide groups is 1. The smallest absolute Gasteiger partial charge is 0.325 e. The molecule has 3 rings (SSSR count). The van der Waals surface area contributed by atoms with Gasteiger partial charge in [-0.3, -0.25) is 14.5 Å². The Morgan fingerprint density at radius 2 is 2.00 bits per heavy atom. The average Bonchev–Trinajstić information content (AvgIpc) is 3.32. The van der Waals surface area contributed by atoms with Gasteiger partial charge in [0.25, 0.3) is 5.91 Å². The molecule has 0 radical (unpaired) electrons. The molecule has 1 aliphatic rings. The molecule has 154 valence electrons. The number of nitrogens with zero attached hydrogens (tertiary/aromatic N) is 1. The zero-order valence-corrected chi connectivity index (χ0v) is 16.3. The Morgan fingerprint density at radius 1 is 1.21 bits per heavy atom. The van der Waals surface area contributed by atoms with Gasteiger partial charge in [0.2, 0.25) is 5.91 Å². The van der Waals surface area contributed by atoms with Crippen molar-refractivity contribution in [2.75, 3.05) is 20.8 Å². The number of furan rings is 1. The number of methoxy groups -OCH3 is 2. The number of nitrogens with one attached hydrogen (secondary N) is 2. The van der Waals surface area contributed by atoms with Crippen molar-refractivity contribution in [3.8, 4) is 11.5 Å². The molecule has 2 aromatic rings. The molecule has 1 unspecified atom stereocenters. The molecule has 2 N–H and O–H groups in total. The second-order valence-corrected chi connectivity index (χ2v) is 6.50. The molecule has 0 spiro atoms. The normalized spacial score (nSPS) is 15.9. The molecule has 9 heteroatoms. The molecule has 29 heavy (non-hydrogen) atoms. The summed E-state index contributed by atoms with van der Waals surface area (Å²) >= 11 is 0. The number of urea groups is 1. The topological polar surface area (TPSA) is 110 Å². The molecular weight excluding hydrogens is 378 g/mol. The van der Waals surface area contributed by atoms with E-state index < -0.39 is 18.0 Å². The first-order chi connectivity index (χ1) is 14.0. The van der Waals surface area contributed by atoms with E-state index in [1.165, 1.54) is 14.2 Å². The minimum absolute atomic E-state index is 0.0711. The van der Waals surface area contributed by atoms with Crippen LogP contribution in [0.15, 0.2) is 41.0 Å². The van der Waals surface area contributed by atoms with Gasteiger partial charge >= 0.3 is 6.03 Å². The van der Waals surface area contributed by atoms with E-state index in [0.29, 0.717) is 30.0 Å². The lowest BCUT2D eigenvalue weighted by Crippen LogP contribution is -2.37. The number of hydrogen-bond donors (Lipinski definition) is 2. The van der Waals surface area contributed by atoms with Gasteiger partial charge in [-0.05, 0) is 29.8 Å². The first-order valence-electron chi connectivity index (χ1n) is 9.13. The van der Waals surface area contributed by atoms with Crippen molar-refractivity contribution in [3.63, 3.8) is 0 Å². The van der Waals surface area contributed by atoms with Crippen LogP contribution in [0.4, 0.5) is 4.79 Å². The molecule has 2 heterocycles. The van der Waals surface area contributed by atoms with Crippen molar-refractivity contribution in [1.82, 2.24) is 15.5 Å². The van der Waals surface area contributed by atoms with Gasteiger partial charge in [0, 0.05) is 13.0 Å². The van der Waals surface area contributed by atoms with Crippen molar-refractivity contribution in [1.29, 1.82) is 0 Å². The fourth-order valence-corrected chi connectivity index (χ4v) is 3.06. The number of ether oxygens (including phenoxy) is 2. The number of rotatable bonds is 9. The van der Waals surface area contributed by atoms with Crippen LogP contribution in [-0.4, -0.2) is 49.6 Å². The molecular formula is C20H23N3O6. The Labute approximate surface area is 167 Å². The summed E-state index contributed by atoms with van der Waals surface area (Å²) in [5, 5.41) is 5.29. The van der Waals surface area contributed by atoms with Crippen LogP contribution in [0.3, 0.4) is 0 Å². The first kappa shape index (κ1) is 20.2. The Hall–Kier alpha value is -3.49. The molecule has 0 aliphatic carbocycles. The van der Waals surface area contributed by atoms with Gasteiger partial charge in [-0.2, -0.15) is 0 Å². The van der Waals surface area contributed by atoms with Gasteiger partial charge < -0.3 is 24.5 Å². The first-order valence-corrected chi connectivity index (χ1v) is 9.13. The predicted octanol–water partition coefficient (Wildman–Crippen LogP) is 1.47. The standard InChI is InChI=1S/C20H23N3O6/c1-27-16-6-5-13(10-17(16)28-2)12-23-19(25)15(22-20(23)26)11-18(24)21-8-7-14-4-3-9-29-14/h3-6,9-10,15H,7-8,11-12H2,1-2H3,(H,21,24)(H,22,26). The van der Waals surface area contributed by atoms with Crippen LogP contribution < -0.4 is 20.1 Å². The van der Waals surface area contributed by atoms with Crippen LogP contribution in [-0.2, 0) is 22.6 Å². The van der Waals surface area contributed by atoms with E-state index in [2.05, 4.69) is 10.6 Å². The minimum Gasteiger partial charge on any atom is -0.493 e. The van der Waals surface area contributed by atoms with Gasteiger partial charge in [0.1, 0.15) is 11.8 Å². The molecule has 4 amide bonds. The van der Waals surface area contributed by atoms with Gasteiger partial charge in [-0.1, -0.05) is 6.07 Å². The maximum atomic E-state index is 12.6. The average molecular weight is 401 g/mol. The third-order valence-corrected chi connectivity index (χ3v) is 4.56. The van der Waals surface area contributed by atoms with Gasteiger partial charge in [0.15, 0.2) is 11.5 Å². The van der Waals surface area contributed by atoms with Crippen molar-refractivity contribution in [2.45, 2.75) is 25.4 Å². The van der Waals surface area contributed by atoms with E-state index in [-0.39, 0.29) is 18.9 Å². The summed E-state index contributed by atoms with van der Waals surface area (Å²) in [6.07, 6.45) is 2.00. The Bertz CT molecular complexity index is 880. The van der Waals surface area contributed by atoms with Crippen LogP contribution in [0, 0.1) is 0 Å². The highest BCUT2D eigenvalue weighted by Gasteiger charge is 2.39. The summed E-state index contributed by atoms with van der Waals surface area (Å²) in [5.74, 6) is 1.06. The van der Waals surface area contributed by atoms with Crippen molar-refractivity contribution >= 4 is 17.8 Å². The van der Waals surface area contributed by atoms with E-state index in [1.807, 2.05) is 6.07 Å². The third kappa shape index (κ3) is 4.87. The Kier molecular flexibility index (Phi) is 6.38. The zero-order chi connectivity index (χ0) is 20.8. The largest absolute Gasteiger partial charge is 0.493 e. The third-order valence-electron chi connectivity index (χ3n) is 4.56. The van der Waals surface area contributed by atoms with E-state index in [1.54, 1.807) is 30.5 Å². The summed E-state index contributed by atoms with van der Waals surface area (Å²) < 4.78 is 15.6.